The number of hydrogen-bond acceptors (Lipinski definition) is 4. The molecule has 0 aliphatic carbocycles. The van der Waals surface area contributed by atoms with Gasteiger partial charge in [-0.3, -0.25) is 15.0 Å². The van der Waals surface area contributed by atoms with Crippen LogP contribution >= 0.6 is 11.6 Å². The van der Waals surface area contributed by atoms with Crippen molar-refractivity contribution in [2.24, 2.45) is 0 Å². The minimum atomic E-state index is -0.391. The summed E-state index contributed by atoms with van der Waals surface area (Å²) >= 11 is 6.19. The number of rotatable bonds is 4. The molecule has 0 radical (unpaired) electrons. The molecule has 134 valence electrons. The molecule has 3 aromatic rings. The predicted molar refractivity (Wildman–Crippen MR) is 101 cm³/mol. The number of aromatic amines is 1. The molecule has 0 saturated carbocycles. The number of morpholine rings is 1. The minimum Gasteiger partial charge on any atom is -0.379 e. The van der Waals surface area contributed by atoms with Gasteiger partial charge in [0.05, 0.1) is 23.8 Å². The Morgan fingerprint density at radius 3 is 2.62 bits per heavy atom. The molecule has 0 unspecified atom stereocenters. The number of nitrogens with zero attached hydrogens (tertiary/aromatic N) is 2. The summed E-state index contributed by atoms with van der Waals surface area (Å²) in [6, 6.07) is 13.1. The molecule has 4 rings (SSSR count). The maximum absolute atomic E-state index is 11.5. The maximum Gasteiger partial charge on any atom is 0.294 e. The molecule has 6 nitrogen and oxygen atoms in total. The summed E-state index contributed by atoms with van der Waals surface area (Å²) in [7, 11) is 0. The van der Waals surface area contributed by atoms with E-state index in [9.17, 15) is 10.1 Å². The highest BCUT2D eigenvalue weighted by Crippen LogP contribution is 2.37. The minimum absolute atomic E-state index is 0.00194. The number of nitro groups is 1. The van der Waals surface area contributed by atoms with Gasteiger partial charge in [-0.25, -0.2) is 0 Å². The fourth-order valence-electron chi connectivity index (χ4n) is 3.44. The predicted octanol–water partition coefficient (Wildman–Crippen LogP) is 4.23. The Kier molecular flexibility index (Phi) is 4.63. The average molecular weight is 372 g/mol. The number of H-pyrrole nitrogens is 1. The third-order valence-corrected chi connectivity index (χ3v) is 4.92. The van der Waals surface area contributed by atoms with Gasteiger partial charge < -0.3 is 9.72 Å². The van der Waals surface area contributed by atoms with Crippen LogP contribution in [-0.2, 0) is 11.3 Å². The van der Waals surface area contributed by atoms with Gasteiger partial charge in [0.15, 0.2) is 0 Å². The van der Waals surface area contributed by atoms with E-state index in [4.69, 9.17) is 16.3 Å². The number of nitrogens with one attached hydrogen (secondary N) is 1. The first kappa shape index (κ1) is 17.0. The van der Waals surface area contributed by atoms with Gasteiger partial charge >= 0.3 is 0 Å². The zero-order valence-corrected chi connectivity index (χ0v) is 14.8. The van der Waals surface area contributed by atoms with Crippen molar-refractivity contribution >= 4 is 28.2 Å². The van der Waals surface area contributed by atoms with Crippen molar-refractivity contribution < 1.29 is 9.66 Å². The largest absolute Gasteiger partial charge is 0.379 e. The van der Waals surface area contributed by atoms with E-state index in [2.05, 4.69) is 9.88 Å². The molecule has 26 heavy (non-hydrogen) atoms. The fourth-order valence-corrected chi connectivity index (χ4v) is 3.65. The highest BCUT2D eigenvalue weighted by Gasteiger charge is 2.23. The van der Waals surface area contributed by atoms with Gasteiger partial charge in [0.1, 0.15) is 5.52 Å². The van der Waals surface area contributed by atoms with Crippen LogP contribution in [0.4, 0.5) is 5.69 Å². The van der Waals surface area contributed by atoms with Crippen LogP contribution in [0.5, 0.6) is 0 Å². The van der Waals surface area contributed by atoms with E-state index in [1.165, 1.54) is 6.07 Å². The zero-order chi connectivity index (χ0) is 18.1. The molecule has 0 bridgehead atoms. The summed E-state index contributed by atoms with van der Waals surface area (Å²) in [6.07, 6.45) is 0. The van der Waals surface area contributed by atoms with Crippen molar-refractivity contribution in [3.63, 3.8) is 0 Å². The fraction of sp³-hybridized carbons (Fsp3) is 0.263. The molecule has 2 aromatic carbocycles. The smallest absolute Gasteiger partial charge is 0.294 e. The number of non-ortho nitro benzene ring substituents is 1. The summed E-state index contributed by atoms with van der Waals surface area (Å²) in [5.74, 6) is 0. The number of benzene rings is 2. The average Bonchev–Trinajstić information content (AvgIpc) is 3.01. The number of nitro benzene ring substituents is 1. The van der Waals surface area contributed by atoms with Gasteiger partial charge in [-0.1, -0.05) is 41.9 Å². The van der Waals surface area contributed by atoms with Crippen LogP contribution in [0.3, 0.4) is 0 Å². The highest BCUT2D eigenvalue weighted by molar-refractivity contribution is 6.31. The summed E-state index contributed by atoms with van der Waals surface area (Å²) in [6.45, 7) is 3.76. The Balaban J connectivity index is 1.91. The Morgan fingerprint density at radius 1 is 1.19 bits per heavy atom. The Hall–Kier alpha value is -2.41. The third kappa shape index (κ3) is 3.19. The number of ether oxygens (including phenoxy) is 1. The SMILES string of the molecule is O=[N+]([O-])c1cc(Cl)cc2c(CN3CCOCC3)c(-c3ccccc3)[nH]c12. The third-order valence-electron chi connectivity index (χ3n) is 4.70. The van der Waals surface area contributed by atoms with Crippen molar-refractivity contribution in [2.75, 3.05) is 26.3 Å². The summed E-state index contributed by atoms with van der Waals surface area (Å²) in [5, 5.41) is 12.7. The first-order valence-corrected chi connectivity index (χ1v) is 8.85. The number of fused-ring (bicyclic) bond motifs is 1. The van der Waals surface area contributed by atoms with Gasteiger partial charge in [-0.05, 0) is 17.2 Å². The lowest BCUT2D eigenvalue weighted by Gasteiger charge is -2.26. The Morgan fingerprint density at radius 2 is 1.92 bits per heavy atom. The van der Waals surface area contributed by atoms with Gasteiger partial charge in [-0.2, -0.15) is 0 Å². The van der Waals surface area contributed by atoms with Crippen molar-refractivity contribution in [3.8, 4) is 11.3 Å². The van der Waals surface area contributed by atoms with Crippen LogP contribution in [0.15, 0.2) is 42.5 Å². The normalized spacial score (nSPS) is 15.4. The standard InChI is InChI=1S/C19H18ClN3O3/c20-14-10-15-16(12-22-6-8-26-9-7-22)18(13-4-2-1-3-5-13)21-19(15)17(11-14)23(24)25/h1-5,10-11,21H,6-9,12H2. The topological polar surface area (TPSA) is 71.4 Å². The lowest BCUT2D eigenvalue weighted by Crippen LogP contribution is -2.35. The van der Waals surface area contributed by atoms with Crippen molar-refractivity contribution in [3.05, 3.63) is 63.2 Å². The second-order valence-corrected chi connectivity index (χ2v) is 6.77. The van der Waals surface area contributed by atoms with Crippen LogP contribution in [-0.4, -0.2) is 41.1 Å². The second kappa shape index (κ2) is 7.07. The van der Waals surface area contributed by atoms with Gasteiger partial charge in [0, 0.05) is 36.1 Å². The van der Waals surface area contributed by atoms with E-state index >= 15 is 0 Å². The van der Waals surface area contributed by atoms with E-state index in [0.717, 1.165) is 35.3 Å². The van der Waals surface area contributed by atoms with E-state index in [-0.39, 0.29) is 5.69 Å². The number of aromatic nitrogens is 1. The van der Waals surface area contributed by atoms with Crippen LogP contribution in [0.25, 0.3) is 22.2 Å². The molecule has 7 heteroatoms. The molecule has 1 aromatic heterocycles. The quantitative estimate of drug-likeness (QED) is 0.550. The molecule has 1 aliphatic heterocycles. The molecule has 1 saturated heterocycles. The van der Waals surface area contributed by atoms with Gasteiger partial charge in [-0.15, -0.1) is 0 Å². The van der Waals surface area contributed by atoms with Crippen LogP contribution in [0, 0.1) is 10.1 Å². The first-order valence-electron chi connectivity index (χ1n) is 8.47. The van der Waals surface area contributed by atoms with Crippen LogP contribution in [0.2, 0.25) is 5.02 Å². The van der Waals surface area contributed by atoms with E-state index in [0.29, 0.717) is 30.3 Å². The van der Waals surface area contributed by atoms with E-state index < -0.39 is 4.92 Å². The first-order chi connectivity index (χ1) is 12.6. The molecule has 1 aliphatic rings. The van der Waals surface area contributed by atoms with Crippen molar-refractivity contribution in [1.82, 2.24) is 9.88 Å². The van der Waals surface area contributed by atoms with E-state index in [1.54, 1.807) is 0 Å². The summed E-state index contributed by atoms with van der Waals surface area (Å²) < 4.78 is 5.43. The molecule has 1 N–H and O–H groups in total. The van der Waals surface area contributed by atoms with Gasteiger partial charge in [0.25, 0.3) is 5.69 Å². The zero-order valence-electron chi connectivity index (χ0n) is 14.1. The molecule has 1 fully saturated rings. The number of halogens is 1. The lowest BCUT2D eigenvalue weighted by atomic mass is 10.0. The van der Waals surface area contributed by atoms with Crippen molar-refractivity contribution in [2.45, 2.75) is 6.54 Å². The molecule has 0 atom stereocenters. The molecule has 2 heterocycles. The summed E-state index contributed by atoms with van der Waals surface area (Å²) in [5.41, 5.74) is 3.44. The van der Waals surface area contributed by atoms with E-state index in [1.807, 2.05) is 36.4 Å². The molecular weight excluding hydrogens is 354 g/mol. The molecule has 0 amide bonds. The second-order valence-electron chi connectivity index (χ2n) is 6.34. The van der Waals surface area contributed by atoms with Gasteiger partial charge in [0.2, 0.25) is 0 Å². The number of hydrogen-bond donors (Lipinski definition) is 1. The molecule has 0 spiro atoms. The monoisotopic (exact) mass is 371 g/mol. The summed E-state index contributed by atoms with van der Waals surface area (Å²) in [4.78, 5) is 16.7. The van der Waals surface area contributed by atoms with Crippen LogP contribution in [0.1, 0.15) is 5.56 Å². The Bertz CT molecular complexity index is 950. The Labute approximate surface area is 155 Å². The lowest BCUT2D eigenvalue weighted by molar-refractivity contribution is -0.383. The molecular formula is C19H18ClN3O3. The maximum atomic E-state index is 11.5. The van der Waals surface area contributed by atoms with Crippen molar-refractivity contribution in [1.29, 1.82) is 0 Å². The highest BCUT2D eigenvalue weighted by atomic mass is 35.5. The van der Waals surface area contributed by atoms with Crippen LogP contribution < -0.4 is 0 Å².